The summed E-state index contributed by atoms with van der Waals surface area (Å²) in [4.78, 5) is 0. The fourth-order valence-corrected chi connectivity index (χ4v) is 24.3. The predicted octanol–water partition coefficient (Wildman–Crippen LogP) is 16.7. The van der Waals surface area contributed by atoms with Crippen LogP contribution in [0.2, 0.25) is 0 Å². The van der Waals surface area contributed by atoms with Gasteiger partial charge in [-0.3, -0.25) is 0 Å². The molecule has 28 aromatic rings. The summed E-state index contributed by atoms with van der Waals surface area (Å²) in [6, 6.07) is 0. The molecule has 0 atom stereocenters. The van der Waals surface area contributed by atoms with Gasteiger partial charge in [0.15, 0.2) is 0 Å². The highest BCUT2D eigenvalue weighted by Gasteiger charge is 2.80. The molecule has 61 heavy (non-hydrogen) atoms. The summed E-state index contributed by atoms with van der Waals surface area (Å²) < 4.78 is 0. The SMILES string of the molecule is C1C23c4c5c6c7c8c9c(c%10c%11c2c2c4c4c%12c5c5c6c6c8c8c%13c9c9c%10c%10c%11c%11c2c2c4c4c%12c%12c5c5c6c8c6c8c%13c9c9c%10c%10c%11c2c2c4c4c%12c5c6c5c8c9c%10c2c45)C173. The van der Waals surface area contributed by atoms with Crippen molar-refractivity contribution in [2.75, 3.05) is 0 Å². The zero-order valence-electron chi connectivity index (χ0n) is 30.7. The lowest BCUT2D eigenvalue weighted by molar-refractivity contribution is 0.731. The third-order valence-electron chi connectivity index (χ3n) is 24.1. The molecule has 0 aliphatic heterocycles. The zero-order chi connectivity index (χ0) is 35.2. The maximum atomic E-state index is 1.84. The summed E-state index contributed by atoms with van der Waals surface area (Å²) in [5.41, 5.74) is 7.45. The lowest BCUT2D eigenvalue weighted by Gasteiger charge is -2.33. The van der Waals surface area contributed by atoms with Gasteiger partial charge < -0.3 is 0 Å². The second-order valence-electron chi connectivity index (χ2n) is 23.7. The number of hydrogen-bond donors (Lipinski definition) is 0. The van der Waals surface area contributed by atoms with Crippen LogP contribution in [0.5, 0.6) is 0 Å². The minimum Gasteiger partial charge on any atom is -0.0229 e. The van der Waals surface area contributed by atoms with Crippen molar-refractivity contribution in [2.24, 2.45) is 0 Å². The largest absolute Gasteiger partial charge is 0.0379 e. The minimum atomic E-state index is 0.0539. The molecule has 0 heteroatoms. The van der Waals surface area contributed by atoms with Crippen molar-refractivity contribution in [1.29, 1.82) is 0 Å². The van der Waals surface area contributed by atoms with E-state index in [-0.39, 0.29) is 10.8 Å². The zero-order valence-corrected chi connectivity index (χ0v) is 30.7. The van der Waals surface area contributed by atoms with Gasteiger partial charge in [0.05, 0.1) is 0 Å². The van der Waals surface area contributed by atoms with Crippen LogP contribution in [0.25, 0.3) is 291 Å². The Balaban J connectivity index is 1.32. The summed E-state index contributed by atoms with van der Waals surface area (Å²) in [5, 5.41) is 91.9. The summed E-state index contributed by atoms with van der Waals surface area (Å²) in [7, 11) is 0. The van der Waals surface area contributed by atoms with Crippen LogP contribution < -0.4 is 0 Å². The molecule has 0 heterocycles. The van der Waals surface area contributed by atoms with Crippen LogP contribution in [0.4, 0.5) is 0 Å². The van der Waals surface area contributed by atoms with Gasteiger partial charge in [0, 0.05) is 10.8 Å². The van der Waals surface area contributed by atoms with Crippen LogP contribution in [0.15, 0.2) is 0 Å². The van der Waals surface area contributed by atoms with Crippen LogP contribution in [0.3, 0.4) is 0 Å². The first kappa shape index (κ1) is 20.6. The molecule has 0 saturated heterocycles. The maximum Gasteiger partial charge on any atom is 0.0379 e. The fourth-order valence-electron chi connectivity index (χ4n) is 24.3. The lowest BCUT2D eigenvalue weighted by Crippen LogP contribution is -2.27. The molecular formula is C61H2. The molecule has 1 saturated carbocycles. The molecule has 5 aliphatic rings. The first-order valence-electron chi connectivity index (χ1n) is 23.2. The lowest BCUT2D eigenvalue weighted by atomic mass is 9.68. The van der Waals surface area contributed by atoms with E-state index in [1.165, 1.54) is 6.42 Å². The van der Waals surface area contributed by atoms with Crippen molar-refractivity contribution in [2.45, 2.75) is 17.3 Å². The molecule has 0 amide bonds. The molecule has 0 radical (unpaired) electrons. The smallest absolute Gasteiger partial charge is 0.0229 e. The van der Waals surface area contributed by atoms with E-state index in [2.05, 4.69) is 0 Å². The van der Waals surface area contributed by atoms with Gasteiger partial charge in [0.1, 0.15) is 0 Å². The average molecular weight is 735 g/mol. The molecule has 2 spiro atoms. The van der Waals surface area contributed by atoms with Crippen LogP contribution in [-0.2, 0) is 10.8 Å². The van der Waals surface area contributed by atoms with Gasteiger partial charge in [-0.2, -0.15) is 0 Å². The summed E-state index contributed by atoms with van der Waals surface area (Å²) in [6.07, 6.45) is 1.29. The van der Waals surface area contributed by atoms with Gasteiger partial charge >= 0.3 is 0 Å². The normalized spacial score (nSPS) is 23.8. The van der Waals surface area contributed by atoms with E-state index in [4.69, 9.17) is 0 Å². The number of benzene rings is 18. The predicted molar refractivity (Wildman–Crippen MR) is 258 cm³/mol. The molecule has 28 aromatic carbocycles. The Morgan fingerprint density at radius 3 is 0.295 bits per heavy atom. The summed E-state index contributed by atoms with van der Waals surface area (Å²) in [6.45, 7) is 0. The molecule has 1 fully saturated rings. The van der Waals surface area contributed by atoms with Crippen molar-refractivity contribution < 1.29 is 0 Å². The van der Waals surface area contributed by atoms with E-state index in [0.29, 0.717) is 0 Å². The quantitative estimate of drug-likeness (QED) is 0.136. The van der Waals surface area contributed by atoms with E-state index in [9.17, 15) is 0 Å². The van der Waals surface area contributed by atoms with Crippen molar-refractivity contribution in [1.82, 2.24) is 0 Å². The third-order valence-corrected chi connectivity index (χ3v) is 24.1. The fraction of sp³-hybridized carbons (Fsp3) is 0.0492. The molecule has 0 unspecified atom stereocenters. The Morgan fingerprint density at radius 1 is 0.115 bits per heavy atom. The van der Waals surface area contributed by atoms with E-state index >= 15 is 0 Å². The van der Waals surface area contributed by atoms with E-state index in [1.54, 1.807) is 291 Å². The van der Waals surface area contributed by atoms with Crippen molar-refractivity contribution in [3.8, 4) is 0 Å². The Kier molecular flexibility index (Phi) is 1.46. The summed E-state index contributed by atoms with van der Waals surface area (Å²) >= 11 is 0. The van der Waals surface area contributed by atoms with Crippen molar-refractivity contribution >= 4 is 291 Å². The van der Waals surface area contributed by atoms with Crippen LogP contribution in [0, 0.1) is 0 Å². The number of rotatable bonds is 0. The summed E-state index contributed by atoms with van der Waals surface area (Å²) in [5.74, 6) is 0. The molecular weight excluding hydrogens is 733 g/mol. The topological polar surface area (TPSA) is 0 Å². The van der Waals surface area contributed by atoms with E-state index in [0.717, 1.165) is 0 Å². The van der Waals surface area contributed by atoms with Crippen molar-refractivity contribution in [3.05, 3.63) is 22.3 Å². The maximum absolute atomic E-state index is 1.84. The monoisotopic (exact) mass is 734 g/mol. The third kappa shape index (κ3) is 0.979. The molecule has 33 rings (SSSR count). The Hall–Kier alpha value is -7.54. The Bertz CT molecular complexity index is 6300. The molecule has 0 nitrogen and oxygen atoms in total. The first-order chi connectivity index (χ1) is 30.4. The van der Waals surface area contributed by atoms with Gasteiger partial charge in [0.2, 0.25) is 0 Å². The number of hydrogen-bond acceptors (Lipinski definition) is 0. The van der Waals surface area contributed by atoms with Crippen LogP contribution in [-0.4, -0.2) is 0 Å². The molecule has 0 bridgehead atoms. The van der Waals surface area contributed by atoms with Gasteiger partial charge in [-0.25, -0.2) is 0 Å². The second-order valence-corrected chi connectivity index (χ2v) is 23.7. The van der Waals surface area contributed by atoms with Gasteiger partial charge in [-0.05, 0) is 320 Å². The highest BCUT2D eigenvalue weighted by atomic mass is 14.8. The van der Waals surface area contributed by atoms with Crippen LogP contribution >= 0.6 is 0 Å². The average Bonchev–Trinajstić information content (AvgIpc) is 4.11. The second kappa shape index (κ2) is 4.31. The van der Waals surface area contributed by atoms with E-state index < -0.39 is 0 Å². The van der Waals surface area contributed by atoms with Crippen molar-refractivity contribution in [3.63, 3.8) is 0 Å². The minimum absolute atomic E-state index is 0.0539. The van der Waals surface area contributed by atoms with Gasteiger partial charge in [-0.1, -0.05) is 0 Å². The van der Waals surface area contributed by atoms with Gasteiger partial charge in [-0.15, -0.1) is 0 Å². The molecule has 0 aromatic heterocycles. The molecule has 246 valence electrons. The molecule has 0 N–H and O–H groups in total. The Morgan fingerprint density at radius 2 is 0.197 bits per heavy atom. The highest BCUT2D eigenvalue weighted by Crippen LogP contribution is 2.90. The first-order valence-corrected chi connectivity index (χ1v) is 23.2. The standard InChI is InChI=1S/C61H2/c1-60-56-48-40-30-20-12-4-2-3-6-10-8(4)16-24-18(10)28-22-14(6)15-7(3)11-9-5(2)13(12)21-27-17(9)25-19(11)29-23(15)33-32(22)42-36(28)46-38(24)44(34(40)26(16)20)52(56)54(46)58-50(42)51-43(33)37(29)47-39(25)45-35(27)41(31(21)30)49(48)57(60)53(45)55(47)59(51)61(1,58)60/h1H2. The highest BCUT2D eigenvalue weighted by molar-refractivity contribution is 6.82. The van der Waals surface area contributed by atoms with Crippen LogP contribution in [0.1, 0.15) is 28.7 Å². The molecule has 5 aliphatic carbocycles. The van der Waals surface area contributed by atoms with E-state index in [1.807, 2.05) is 22.3 Å². The van der Waals surface area contributed by atoms with Gasteiger partial charge in [0.25, 0.3) is 0 Å². The Labute approximate surface area is 328 Å².